The first-order chi connectivity index (χ1) is 16.4. The number of hydrogen-bond donors (Lipinski definition) is 0. The lowest BCUT2D eigenvalue weighted by Crippen LogP contribution is -2.59. The molecule has 1 aliphatic rings. The van der Waals surface area contributed by atoms with Crippen LogP contribution in [0.15, 0.2) is 24.8 Å². The van der Waals surface area contributed by atoms with Crippen LogP contribution in [0.25, 0.3) is 0 Å². The number of aryl methyl sites for hydroxylation is 1. The normalized spacial score (nSPS) is 23.7. The molecule has 5 atom stereocenters. The van der Waals surface area contributed by atoms with Crippen molar-refractivity contribution in [3.05, 3.63) is 46.5 Å². The van der Waals surface area contributed by atoms with Crippen LogP contribution in [-0.2, 0) is 54.2 Å². The largest absolute Gasteiger partial charge is 0.455 e. The van der Waals surface area contributed by atoms with Crippen LogP contribution in [-0.4, -0.2) is 55.1 Å². The van der Waals surface area contributed by atoms with Gasteiger partial charge in [-0.25, -0.2) is 0 Å². The van der Waals surface area contributed by atoms with Gasteiger partial charge in [0.05, 0.1) is 13.2 Å². The second-order valence-electron chi connectivity index (χ2n) is 7.87. The number of carbonyl (C=O) groups is 4. The smallest absolute Gasteiger partial charge is 0.305 e. The summed E-state index contributed by atoms with van der Waals surface area (Å²) < 4.78 is 33.0. The molecule has 0 aliphatic carbocycles. The van der Waals surface area contributed by atoms with Crippen LogP contribution in [0.5, 0.6) is 0 Å². The van der Waals surface area contributed by atoms with E-state index in [9.17, 15) is 19.2 Å². The lowest BCUT2D eigenvalue weighted by atomic mass is 9.91. The maximum absolute atomic E-state index is 12.0. The molecule has 1 aromatic carbocycles. The van der Waals surface area contributed by atoms with Crippen LogP contribution in [0.1, 0.15) is 50.5 Å². The molecule has 1 aliphatic heterocycles. The van der Waals surface area contributed by atoms with Gasteiger partial charge in [-0.3, -0.25) is 19.2 Å². The number of benzene rings is 1. The van der Waals surface area contributed by atoms with Gasteiger partial charge < -0.3 is 28.4 Å². The molecule has 2 rings (SSSR count). The van der Waals surface area contributed by atoms with E-state index in [1.165, 1.54) is 6.92 Å². The molecule has 0 bridgehead atoms. The second-order valence-corrected chi connectivity index (χ2v) is 8.25. The highest BCUT2D eigenvalue weighted by molar-refractivity contribution is 6.32. The van der Waals surface area contributed by atoms with Crippen LogP contribution in [0.2, 0.25) is 5.02 Å². The summed E-state index contributed by atoms with van der Waals surface area (Å²) in [5.74, 6) is -2.92. The average molecular weight is 513 g/mol. The molecule has 10 nitrogen and oxygen atoms in total. The minimum absolute atomic E-state index is 0.154. The number of halogens is 1. The highest BCUT2D eigenvalue weighted by Gasteiger charge is 2.53. The maximum Gasteiger partial charge on any atom is 0.305 e. The van der Waals surface area contributed by atoms with E-state index >= 15 is 0 Å². The Morgan fingerprint density at radius 3 is 2.00 bits per heavy atom. The SMILES string of the molecule is C=CCOCc1cc([C@@H]2OC(OC(C)=O)[C@@H](OC(C)=O)[C@H](OC(C)=O)[C@H]2OC(C)=O)cc(C)c1Cl. The lowest BCUT2D eigenvalue weighted by molar-refractivity contribution is -0.298. The Bertz CT molecular complexity index is 975. The molecule has 1 fully saturated rings. The van der Waals surface area contributed by atoms with Gasteiger partial charge in [0, 0.05) is 32.7 Å². The van der Waals surface area contributed by atoms with E-state index in [0.717, 1.165) is 20.8 Å². The zero-order valence-electron chi connectivity index (χ0n) is 20.2. The number of carbonyl (C=O) groups excluding carboxylic acids is 4. The monoisotopic (exact) mass is 512 g/mol. The van der Waals surface area contributed by atoms with Crippen molar-refractivity contribution in [1.82, 2.24) is 0 Å². The summed E-state index contributed by atoms with van der Waals surface area (Å²) in [6.45, 7) is 10.4. The van der Waals surface area contributed by atoms with E-state index in [-0.39, 0.29) is 6.61 Å². The van der Waals surface area contributed by atoms with Gasteiger partial charge in [0.2, 0.25) is 12.4 Å². The molecule has 1 heterocycles. The Kier molecular flexibility index (Phi) is 10.2. The highest BCUT2D eigenvalue weighted by atomic mass is 35.5. The Morgan fingerprint density at radius 1 is 0.914 bits per heavy atom. The van der Waals surface area contributed by atoms with Crippen LogP contribution >= 0.6 is 11.6 Å². The predicted octanol–water partition coefficient (Wildman–Crippen LogP) is 3.11. The van der Waals surface area contributed by atoms with Crippen molar-refractivity contribution < 1.29 is 47.6 Å². The predicted molar refractivity (Wildman–Crippen MR) is 122 cm³/mol. The summed E-state index contributed by atoms with van der Waals surface area (Å²) in [6.07, 6.45) is -4.96. The van der Waals surface area contributed by atoms with Gasteiger partial charge in [-0.15, -0.1) is 6.58 Å². The summed E-state index contributed by atoms with van der Waals surface area (Å²) in [6, 6.07) is 3.38. The minimum Gasteiger partial charge on any atom is -0.455 e. The Labute approximate surface area is 208 Å². The fourth-order valence-corrected chi connectivity index (χ4v) is 3.86. The second kappa shape index (κ2) is 12.7. The lowest BCUT2D eigenvalue weighted by Gasteiger charge is -2.44. The molecule has 35 heavy (non-hydrogen) atoms. The minimum atomic E-state index is -1.46. The third kappa shape index (κ3) is 7.78. The van der Waals surface area contributed by atoms with E-state index in [4.69, 9.17) is 40.0 Å². The number of hydrogen-bond acceptors (Lipinski definition) is 10. The first-order valence-corrected chi connectivity index (χ1v) is 11.1. The molecule has 1 saturated heterocycles. The molecule has 192 valence electrons. The first kappa shape index (κ1) is 28.3. The fourth-order valence-electron chi connectivity index (χ4n) is 3.69. The van der Waals surface area contributed by atoms with Crippen LogP contribution < -0.4 is 0 Å². The zero-order chi connectivity index (χ0) is 26.3. The van der Waals surface area contributed by atoms with E-state index in [2.05, 4.69) is 6.58 Å². The third-order valence-electron chi connectivity index (χ3n) is 4.86. The van der Waals surface area contributed by atoms with E-state index < -0.39 is 54.6 Å². The van der Waals surface area contributed by atoms with E-state index in [1.807, 2.05) is 0 Å². The van der Waals surface area contributed by atoms with Gasteiger partial charge in [0.25, 0.3) is 0 Å². The molecule has 0 saturated carbocycles. The summed E-state index contributed by atoms with van der Waals surface area (Å²) in [7, 11) is 0. The van der Waals surface area contributed by atoms with Crippen LogP contribution in [0, 0.1) is 6.92 Å². The zero-order valence-corrected chi connectivity index (χ0v) is 21.0. The summed E-state index contributed by atoms with van der Waals surface area (Å²) in [5, 5.41) is 0.462. The van der Waals surface area contributed by atoms with Crippen molar-refractivity contribution >= 4 is 35.5 Å². The quantitative estimate of drug-likeness (QED) is 0.211. The number of rotatable bonds is 9. The van der Waals surface area contributed by atoms with Gasteiger partial charge in [-0.2, -0.15) is 0 Å². The summed E-state index contributed by atoms with van der Waals surface area (Å²) in [4.78, 5) is 47.6. The molecule has 0 aromatic heterocycles. The van der Waals surface area contributed by atoms with Gasteiger partial charge in [-0.1, -0.05) is 23.7 Å². The molecule has 11 heteroatoms. The average Bonchev–Trinajstić information content (AvgIpc) is 2.73. The highest BCUT2D eigenvalue weighted by Crippen LogP contribution is 2.39. The molecular formula is C24H29ClO10. The molecule has 0 radical (unpaired) electrons. The van der Waals surface area contributed by atoms with E-state index in [0.29, 0.717) is 28.3 Å². The van der Waals surface area contributed by atoms with Gasteiger partial charge >= 0.3 is 23.9 Å². The Hall–Kier alpha value is -2.95. The summed E-state index contributed by atoms with van der Waals surface area (Å²) in [5.41, 5.74) is 1.76. The summed E-state index contributed by atoms with van der Waals surface area (Å²) >= 11 is 6.45. The molecule has 0 spiro atoms. The fraction of sp³-hybridized carbons (Fsp3) is 0.500. The van der Waals surface area contributed by atoms with Crippen molar-refractivity contribution in [2.45, 2.75) is 71.9 Å². The van der Waals surface area contributed by atoms with Crippen molar-refractivity contribution in [3.8, 4) is 0 Å². The maximum atomic E-state index is 12.0. The van der Waals surface area contributed by atoms with Crippen LogP contribution in [0.3, 0.4) is 0 Å². The molecule has 0 amide bonds. The van der Waals surface area contributed by atoms with Crippen molar-refractivity contribution in [2.75, 3.05) is 6.61 Å². The van der Waals surface area contributed by atoms with Gasteiger partial charge in [0.15, 0.2) is 12.2 Å². The van der Waals surface area contributed by atoms with Crippen LogP contribution in [0.4, 0.5) is 0 Å². The molecular weight excluding hydrogens is 484 g/mol. The number of esters is 4. The standard InChI is InChI=1S/C24H29ClO10/c1-7-8-30-11-18-10-17(9-12(2)19(18)25)20-21(31-13(3)26)22(32-14(4)27)23(33-15(5)28)24(35-20)34-16(6)29/h7,9-10,20-24H,1,8,11H2,2-6H3/t20-,21-,22+,23-,24?/m0/s1. The third-order valence-corrected chi connectivity index (χ3v) is 5.40. The first-order valence-electron chi connectivity index (χ1n) is 10.8. The van der Waals surface area contributed by atoms with Gasteiger partial charge in [0.1, 0.15) is 6.10 Å². The molecule has 1 unspecified atom stereocenters. The van der Waals surface area contributed by atoms with Crippen molar-refractivity contribution in [2.24, 2.45) is 0 Å². The van der Waals surface area contributed by atoms with E-state index in [1.54, 1.807) is 25.1 Å². The molecule has 0 N–H and O–H groups in total. The van der Waals surface area contributed by atoms with Crippen molar-refractivity contribution in [3.63, 3.8) is 0 Å². The Balaban J connectivity index is 2.63. The van der Waals surface area contributed by atoms with Gasteiger partial charge in [-0.05, 0) is 29.7 Å². The Morgan fingerprint density at radius 2 is 1.46 bits per heavy atom. The topological polar surface area (TPSA) is 124 Å². The molecule has 1 aromatic rings. The van der Waals surface area contributed by atoms with Crippen molar-refractivity contribution in [1.29, 1.82) is 0 Å². The number of ether oxygens (including phenoxy) is 6.